The number of aryl methyl sites for hydroxylation is 1. The third-order valence-corrected chi connectivity index (χ3v) is 2.20. The van der Waals surface area contributed by atoms with E-state index in [1.807, 2.05) is 31.4 Å². The minimum absolute atomic E-state index is 0.311. The lowest BCUT2D eigenvalue weighted by Gasteiger charge is -2.10. The minimum Gasteiger partial charge on any atom is -0.469 e. The van der Waals surface area contributed by atoms with Gasteiger partial charge in [-0.25, -0.2) is 0 Å². The van der Waals surface area contributed by atoms with Crippen molar-refractivity contribution in [2.24, 2.45) is 7.05 Å². The standard InChI is InChI=1S/C11H15N3O/c1-9(8-10-4-3-7-15-10)12-11-5-6-14(2)13-11/h3-7,9H,8H2,1-2H3,(H,12,13). The van der Waals surface area contributed by atoms with Gasteiger partial charge in [-0.3, -0.25) is 4.68 Å². The van der Waals surface area contributed by atoms with Crippen LogP contribution < -0.4 is 5.32 Å². The maximum absolute atomic E-state index is 5.28. The number of nitrogens with one attached hydrogen (secondary N) is 1. The van der Waals surface area contributed by atoms with E-state index in [9.17, 15) is 0 Å². The third kappa shape index (κ3) is 2.62. The highest BCUT2D eigenvalue weighted by atomic mass is 16.3. The van der Waals surface area contributed by atoms with Crippen molar-refractivity contribution in [1.82, 2.24) is 9.78 Å². The van der Waals surface area contributed by atoms with Crippen LogP contribution in [-0.2, 0) is 13.5 Å². The number of nitrogens with zero attached hydrogens (tertiary/aromatic N) is 2. The Morgan fingerprint density at radius 2 is 2.40 bits per heavy atom. The van der Waals surface area contributed by atoms with Crippen LogP contribution in [0.2, 0.25) is 0 Å². The lowest BCUT2D eigenvalue weighted by atomic mass is 10.2. The molecule has 4 heteroatoms. The lowest BCUT2D eigenvalue weighted by Crippen LogP contribution is -2.18. The summed E-state index contributed by atoms with van der Waals surface area (Å²) in [6.07, 6.45) is 4.48. The summed E-state index contributed by atoms with van der Waals surface area (Å²) in [5.41, 5.74) is 0. The molecular formula is C11H15N3O. The summed E-state index contributed by atoms with van der Waals surface area (Å²) in [6.45, 7) is 2.11. The molecule has 2 aromatic heterocycles. The maximum atomic E-state index is 5.28. The van der Waals surface area contributed by atoms with Crippen LogP contribution in [0, 0.1) is 0 Å². The van der Waals surface area contributed by atoms with Gasteiger partial charge in [-0.2, -0.15) is 5.10 Å². The van der Waals surface area contributed by atoms with Gasteiger partial charge in [0.2, 0.25) is 0 Å². The summed E-state index contributed by atoms with van der Waals surface area (Å²) in [4.78, 5) is 0. The molecule has 0 saturated carbocycles. The van der Waals surface area contributed by atoms with Crippen molar-refractivity contribution >= 4 is 5.82 Å². The number of rotatable bonds is 4. The minimum atomic E-state index is 0.311. The number of hydrogen-bond donors (Lipinski definition) is 1. The number of hydrogen-bond acceptors (Lipinski definition) is 3. The molecule has 15 heavy (non-hydrogen) atoms. The van der Waals surface area contributed by atoms with E-state index in [2.05, 4.69) is 17.3 Å². The van der Waals surface area contributed by atoms with Crippen LogP contribution in [0.25, 0.3) is 0 Å². The van der Waals surface area contributed by atoms with Crippen molar-refractivity contribution in [1.29, 1.82) is 0 Å². The zero-order chi connectivity index (χ0) is 10.7. The van der Waals surface area contributed by atoms with Crippen LogP contribution in [-0.4, -0.2) is 15.8 Å². The Kier molecular flexibility index (Phi) is 2.76. The van der Waals surface area contributed by atoms with Crippen LogP contribution in [0.3, 0.4) is 0 Å². The molecule has 1 unspecified atom stereocenters. The molecule has 0 aliphatic carbocycles. The molecule has 2 heterocycles. The first-order chi connectivity index (χ1) is 7.24. The van der Waals surface area contributed by atoms with Gasteiger partial charge in [0.05, 0.1) is 6.26 Å². The Labute approximate surface area is 88.9 Å². The second kappa shape index (κ2) is 4.21. The molecule has 0 saturated heterocycles. The van der Waals surface area contributed by atoms with E-state index in [0.717, 1.165) is 18.0 Å². The molecule has 0 fully saturated rings. The maximum Gasteiger partial charge on any atom is 0.148 e. The van der Waals surface area contributed by atoms with E-state index in [1.165, 1.54) is 0 Å². The molecule has 0 aromatic carbocycles. The highest BCUT2D eigenvalue weighted by Crippen LogP contribution is 2.08. The van der Waals surface area contributed by atoms with E-state index in [0.29, 0.717) is 6.04 Å². The van der Waals surface area contributed by atoms with Crippen LogP contribution in [0.1, 0.15) is 12.7 Å². The summed E-state index contributed by atoms with van der Waals surface area (Å²) in [6, 6.07) is 6.16. The van der Waals surface area contributed by atoms with E-state index < -0.39 is 0 Å². The first kappa shape index (κ1) is 9.83. The number of furan rings is 1. The lowest BCUT2D eigenvalue weighted by molar-refractivity contribution is 0.497. The van der Waals surface area contributed by atoms with Crippen LogP contribution in [0.15, 0.2) is 35.1 Å². The van der Waals surface area contributed by atoms with Crippen molar-refractivity contribution in [3.63, 3.8) is 0 Å². The fourth-order valence-corrected chi connectivity index (χ4v) is 1.53. The van der Waals surface area contributed by atoms with Gasteiger partial charge in [0.25, 0.3) is 0 Å². The molecule has 4 nitrogen and oxygen atoms in total. The van der Waals surface area contributed by atoms with E-state index >= 15 is 0 Å². The van der Waals surface area contributed by atoms with Gasteiger partial charge in [0.15, 0.2) is 0 Å². The highest BCUT2D eigenvalue weighted by Gasteiger charge is 2.06. The average Bonchev–Trinajstić information content (AvgIpc) is 2.77. The number of anilines is 1. The molecule has 2 aromatic rings. The summed E-state index contributed by atoms with van der Waals surface area (Å²) in [7, 11) is 1.91. The number of aromatic nitrogens is 2. The van der Waals surface area contributed by atoms with Gasteiger partial charge in [0, 0.05) is 31.8 Å². The zero-order valence-electron chi connectivity index (χ0n) is 8.97. The van der Waals surface area contributed by atoms with Gasteiger partial charge in [0.1, 0.15) is 11.6 Å². The first-order valence-corrected chi connectivity index (χ1v) is 5.02. The van der Waals surface area contributed by atoms with Crippen molar-refractivity contribution in [3.8, 4) is 0 Å². The quantitative estimate of drug-likeness (QED) is 0.830. The Morgan fingerprint density at radius 1 is 1.53 bits per heavy atom. The molecule has 0 aliphatic heterocycles. The van der Waals surface area contributed by atoms with Gasteiger partial charge in [-0.15, -0.1) is 0 Å². The second-order valence-electron chi connectivity index (χ2n) is 3.70. The van der Waals surface area contributed by atoms with Crippen LogP contribution in [0.4, 0.5) is 5.82 Å². The van der Waals surface area contributed by atoms with Crippen molar-refractivity contribution < 1.29 is 4.42 Å². The molecule has 80 valence electrons. The van der Waals surface area contributed by atoms with Crippen molar-refractivity contribution in [3.05, 3.63) is 36.4 Å². The zero-order valence-corrected chi connectivity index (χ0v) is 8.97. The molecule has 0 radical (unpaired) electrons. The predicted octanol–water partition coefficient (Wildman–Crippen LogP) is 2.06. The van der Waals surface area contributed by atoms with E-state index in [1.54, 1.807) is 10.9 Å². The van der Waals surface area contributed by atoms with Crippen molar-refractivity contribution in [2.75, 3.05) is 5.32 Å². The Morgan fingerprint density at radius 3 is 3.00 bits per heavy atom. The molecule has 0 spiro atoms. The fraction of sp³-hybridized carbons (Fsp3) is 0.364. The molecule has 2 rings (SSSR count). The highest BCUT2D eigenvalue weighted by molar-refractivity contribution is 5.33. The van der Waals surface area contributed by atoms with E-state index in [4.69, 9.17) is 4.42 Å². The van der Waals surface area contributed by atoms with Gasteiger partial charge >= 0.3 is 0 Å². The Hall–Kier alpha value is -1.71. The molecule has 1 N–H and O–H groups in total. The molecule has 0 bridgehead atoms. The normalized spacial score (nSPS) is 12.7. The average molecular weight is 205 g/mol. The molecule has 0 aliphatic rings. The molecule has 0 amide bonds. The first-order valence-electron chi connectivity index (χ1n) is 5.02. The van der Waals surface area contributed by atoms with Gasteiger partial charge in [-0.05, 0) is 19.1 Å². The smallest absolute Gasteiger partial charge is 0.148 e. The van der Waals surface area contributed by atoms with Crippen LogP contribution >= 0.6 is 0 Å². The SMILES string of the molecule is CC(Cc1ccco1)Nc1ccn(C)n1. The van der Waals surface area contributed by atoms with Crippen LogP contribution in [0.5, 0.6) is 0 Å². The summed E-state index contributed by atoms with van der Waals surface area (Å²) >= 11 is 0. The topological polar surface area (TPSA) is 43.0 Å². The predicted molar refractivity (Wildman–Crippen MR) is 58.7 cm³/mol. The molecular weight excluding hydrogens is 190 g/mol. The van der Waals surface area contributed by atoms with Gasteiger partial charge in [-0.1, -0.05) is 0 Å². The summed E-state index contributed by atoms with van der Waals surface area (Å²) in [5, 5.41) is 7.56. The second-order valence-corrected chi connectivity index (χ2v) is 3.70. The third-order valence-electron chi connectivity index (χ3n) is 2.20. The van der Waals surface area contributed by atoms with Crippen molar-refractivity contribution in [2.45, 2.75) is 19.4 Å². The molecule has 1 atom stereocenters. The summed E-state index contributed by atoms with van der Waals surface area (Å²) < 4.78 is 7.06. The monoisotopic (exact) mass is 205 g/mol. The largest absolute Gasteiger partial charge is 0.469 e. The Balaban J connectivity index is 1.90. The Bertz CT molecular complexity index is 405. The van der Waals surface area contributed by atoms with E-state index in [-0.39, 0.29) is 0 Å². The van der Waals surface area contributed by atoms with Gasteiger partial charge < -0.3 is 9.73 Å². The fourth-order valence-electron chi connectivity index (χ4n) is 1.53. The summed E-state index contributed by atoms with van der Waals surface area (Å²) in [5.74, 6) is 1.89.